The number of carboxylic acids is 1. The molecule has 1 fully saturated rings. The second-order valence-electron chi connectivity index (χ2n) is 5.56. The Morgan fingerprint density at radius 1 is 1.48 bits per heavy atom. The van der Waals surface area contributed by atoms with E-state index in [1.807, 2.05) is 0 Å². The summed E-state index contributed by atoms with van der Waals surface area (Å²) in [5.41, 5.74) is 0.287. The van der Waals surface area contributed by atoms with Crippen molar-refractivity contribution in [3.05, 3.63) is 29.6 Å². The monoisotopic (exact) mass is 290 g/mol. The zero-order valence-corrected chi connectivity index (χ0v) is 11.6. The van der Waals surface area contributed by atoms with Crippen molar-refractivity contribution in [3.63, 3.8) is 0 Å². The highest BCUT2D eigenvalue weighted by Crippen LogP contribution is 2.43. The number of carboxylic acid groups (broad SMARTS) is 1. The first kappa shape index (κ1) is 13.7. The molecule has 1 aromatic carbocycles. The largest absolute Gasteiger partial charge is 0.481 e. The zero-order chi connectivity index (χ0) is 15.0. The number of aryl methyl sites for hydroxylation is 1. The fourth-order valence-corrected chi connectivity index (χ4v) is 2.58. The van der Waals surface area contributed by atoms with Crippen LogP contribution in [0.1, 0.15) is 24.8 Å². The third-order valence-corrected chi connectivity index (χ3v) is 4.18. The molecule has 6 nitrogen and oxygen atoms in total. The molecule has 1 N–H and O–H groups in total. The first-order valence-corrected chi connectivity index (χ1v) is 6.78. The van der Waals surface area contributed by atoms with Gasteiger partial charge in [-0.05, 0) is 41.8 Å². The smallest absolute Gasteiger partial charge is 0.311 e. The molecule has 7 heteroatoms. The number of hydrogen-bond acceptors (Lipinski definition) is 4. The van der Waals surface area contributed by atoms with E-state index in [9.17, 15) is 14.3 Å². The van der Waals surface area contributed by atoms with Gasteiger partial charge in [0.2, 0.25) is 0 Å². The number of benzene rings is 1. The summed E-state index contributed by atoms with van der Waals surface area (Å²) in [4.78, 5) is 11.4. The van der Waals surface area contributed by atoms with E-state index in [-0.39, 0.29) is 12.4 Å². The zero-order valence-electron chi connectivity index (χ0n) is 11.6. The molecular weight excluding hydrogens is 275 g/mol. The molecule has 1 aromatic heterocycles. The standard InChI is InChI=1S/C14H15FN4O2/c1-9-3-4-10(7-11(9)15)12-16-17-18-19(12)8-14(13(20)21)5-2-6-14/h3-4,7H,2,5-6,8H2,1H3,(H,20,21). The number of halogens is 1. The second kappa shape index (κ2) is 4.91. The van der Waals surface area contributed by atoms with Gasteiger partial charge in [-0.25, -0.2) is 9.07 Å². The van der Waals surface area contributed by atoms with Crippen LogP contribution in [0, 0.1) is 18.2 Å². The van der Waals surface area contributed by atoms with Gasteiger partial charge in [0.25, 0.3) is 0 Å². The maximum Gasteiger partial charge on any atom is 0.311 e. The number of aromatic nitrogens is 4. The highest BCUT2D eigenvalue weighted by molar-refractivity contribution is 5.75. The second-order valence-corrected chi connectivity index (χ2v) is 5.56. The normalized spacial score (nSPS) is 16.5. The SMILES string of the molecule is Cc1ccc(-c2nnnn2CC2(C(=O)O)CCC2)cc1F. The molecular formula is C14H15FN4O2. The predicted octanol–water partition coefficient (Wildman–Crippen LogP) is 2.04. The fourth-order valence-electron chi connectivity index (χ4n) is 2.58. The Morgan fingerprint density at radius 2 is 2.24 bits per heavy atom. The number of rotatable bonds is 4. The van der Waals surface area contributed by atoms with E-state index >= 15 is 0 Å². The van der Waals surface area contributed by atoms with Crippen LogP contribution in [0.5, 0.6) is 0 Å². The van der Waals surface area contributed by atoms with Crippen molar-refractivity contribution in [2.75, 3.05) is 0 Å². The molecule has 21 heavy (non-hydrogen) atoms. The van der Waals surface area contributed by atoms with Crippen LogP contribution >= 0.6 is 0 Å². The lowest BCUT2D eigenvalue weighted by Gasteiger charge is -2.37. The van der Waals surface area contributed by atoms with Gasteiger partial charge in [-0.3, -0.25) is 4.79 Å². The van der Waals surface area contributed by atoms with E-state index in [0.29, 0.717) is 29.8 Å². The summed E-state index contributed by atoms with van der Waals surface area (Å²) in [5.74, 6) is -0.773. The van der Waals surface area contributed by atoms with Crippen LogP contribution in [0.3, 0.4) is 0 Å². The molecule has 1 aliphatic rings. The Balaban J connectivity index is 1.94. The Kier molecular flexibility index (Phi) is 3.19. The van der Waals surface area contributed by atoms with Crippen molar-refractivity contribution in [2.45, 2.75) is 32.7 Å². The van der Waals surface area contributed by atoms with Gasteiger partial charge < -0.3 is 5.11 Å². The summed E-state index contributed by atoms with van der Waals surface area (Å²) in [5, 5.41) is 20.7. The van der Waals surface area contributed by atoms with Gasteiger partial charge in [0, 0.05) is 5.56 Å². The third-order valence-electron chi connectivity index (χ3n) is 4.18. The van der Waals surface area contributed by atoms with Crippen LogP contribution in [0.15, 0.2) is 18.2 Å². The summed E-state index contributed by atoms with van der Waals surface area (Å²) in [7, 11) is 0. The lowest BCUT2D eigenvalue weighted by molar-refractivity contribution is -0.156. The van der Waals surface area contributed by atoms with E-state index < -0.39 is 11.4 Å². The fraction of sp³-hybridized carbons (Fsp3) is 0.429. The number of tetrazole rings is 1. The molecule has 0 bridgehead atoms. The maximum absolute atomic E-state index is 13.7. The molecule has 3 rings (SSSR count). The van der Waals surface area contributed by atoms with E-state index in [2.05, 4.69) is 15.5 Å². The summed E-state index contributed by atoms with van der Waals surface area (Å²) < 4.78 is 15.1. The van der Waals surface area contributed by atoms with Gasteiger partial charge in [-0.1, -0.05) is 18.6 Å². The Bertz CT molecular complexity index is 694. The van der Waals surface area contributed by atoms with Crippen LogP contribution in [-0.4, -0.2) is 31.3 Å². The van der Waals surface area contributed by atoms with E-state index in [1.165, 1.54) is 10.7 Å². The Morgan fingerprint density at radius 3 is 2.81 bits per heavy atom. The van der Waals surface area contributed by atoms with Crippen molar-refractivity contribution in [3.8, 4) is 11.4 Å². The van der Waals surface area contributed by atoms with E-state index in [1.54, 1.807) is 19.1 Å². The minimum absolute atomic E-state index is 0.208. The van der Waals surface area contributed by atoms with Gasteiger partial charge >= 0.3 is 5.97 Å². The lowest BCUT2D eigenvalue weighted by Crippen LogP contribution is -2.42. The summed E-state index contributed by atoms with van der Waals surface area (Å²) in [6, 6.07) is 4.75. The molecule has 0 spiro atoms. The van der Waals surface area contributed by atoms with Gasteiger partial charge in [0.15, 0.2) is 5.82 Å². The Labute approximate surface area is 120 Å². The highest BCUT2D eigenvalue weighted by atomic mass is 19.1. The molecule has 0 unspecified atom stereocenters. The average Bonchev–Trinajstić information content (AvgIpc) is 2.84. The summed E-state index contributed by atoms with van der Waals surface area (Å²) >= 11 is 0. The molecule has 2 aromatic rings. The van der Waals surface area contributed by atoms with Gasteiger partial charge in [-0.2, -0.15) is 0 Å². The Hall–Kier alpha value is -2.31. The lowest BCUT2D eigenvalue weighted by atomic mass is 9.69. The third kappa shape index (κ3) is 2.28. The maximum atomic E-state index is 13.7. The molecule has 1 aliphatic carbocycles. The number of aliphatic carboxylic acids is 1. The predicted molar refractivity (Wildman–Crippen MR) is 71.9 cm³/mol. The highest BCUT2D eigenvalue weighted by Gasteiger charge is 2.45. The van der Waals surface area contributed by atoms with Crippen molar-refractivity contribution in [1.82, 2.24) is 20.2 Å². The topological polar surface area (TPSA) is 80.9 Å². The number of nitrogens with zero attached hydrogens (tertiary/aromatic N) is 4. The van der Waals surface area contributed by atoms with Gasteiger partial charge in [-0.15, -0.1) is 5.10 Å². The summed E-state index contributed by atoms with van der Waals surface area (Å²) in [6.45, 7) is 1.88. The molecule has 110 valence electrons. The van der Waals surface area contributed by atoms with Crippen molar-refractivity contribution in [2.24, 2.45) is 5.41 Å². The molecule has 0 aliphatic heterocycles. The van der Waals surface area contributed by atoms with Crippen LogP contribution in [0.2, 0.25) is 0 Å². The molecule has 0 atom stereocenters. The first-order chi connectivity index (χ1) is 10.0. The molecule has 1 heterocycles. The van der Waals surface area contributed by atoms with Crippen LogP contribution in [0.25, 0.3) is 11.4 Å². The van der Waals surface area contributed by atoms with Crippen LogP contribution < -0.4 is 0 Å². The molecule has 0 saturated heterocycles. The van der Waals surface area contributed by atoms with E-state index in [0.717, 1.165) is 6.42 Å². The van der Waals surface area contributed by atoms with Crippen molar-refractivity contribution in [1.29, 1.82) is 0 Å². The minimum Gasteiger partial charge on any atom is -0.481 e. The summed E-state index contributed by atoms with van der Waals surface area (Å²) in [6.07, 6.45) is 2.12. The first-order valence-electron chi connectivity index (χ1n) is 6.78. The molecule has 0 amide bonds. The number of carbonyl (C=O) groups is 1. The van der Waals surface area contributed by atoms with Gasteiger partial charge in [0.05, 0.1) is 12.0 Å². The minimum atomic E-state index is -0.828. The van der Waals surface area contributed by atoms with Crippen LogP contribution in [-0.2, 0) is 11.3 Å². The van der Waals surface area contributed by atoms with E-state index in [4.69, 9.17) is 0 Å². The van der Waals surface area contributed by atoms with Crippen molar-refractivity contribution >= 4 is 5.97 Å². The molecule has 0 radical (unpaired) electrons. The molecule has 1 saturated carbocycles. The number of hydrogen-bond donors (Lipinski definition) is 1. The van der Waals surface area contributed by atoms with Crippen molar-refractivity contribution < 1.29 is 14.3 Å². The average molecular weight is 290 g/mol. The quantitative estimate of drug-likeness (QED) is 0.932. The van der Waals surface area contributed by atoms with Crippen LogP contribution in [0.4, 0.5) is 4.39 Å². The van der Waals surface area contributed by atoms with Gasteiger partial charge in [0.1, 0.15) is 5.82 Å².